The molecule has 7 heteroatoms. The summed E-state index contributed by atoms with van der Waals surface area (Å²) in [5.74, 6) is 1.27. The highest BCUT2D eigenvalue weighted by molar-refractivity contribution is 7.90. The third kappa shape index (κ3) is 3.67. The highest BCUT2D eigenvalue weighted by atomic mass is 32.2. The van der Waals surface area contributed by atoms with Gasteiger partial charge in [0.1, 0.15) is 18.2 Å². The normalized spacial score (nSPS) is 11.3. The Morgan fingerprint density at radius 3 is 2.65 bits per heavy atom. The van der Waals surface area contributed by atoms with Gasteiger partial charge in [0.25, 0.3) is 0 Å². The fourth-order valence-corrected chi connectivity index (χ4v) is 2.32. The van der Waals surface area contributed by atoms with Crippen LogP contribution in [0.25, 0.3) is 0 Å². The number of rotatable bonds is 4. The Labute approximate surface area is 117 Å². The molecule has 2 N–H and O–H groups in total. The monoisotopic (exact) mass is 293 g/mol. The quantitative estimate of drug-likeness (QED) is 0.914. The van der Waals surface area contributed by atoms with Crippen molar-refractivity contribution in [2.45, 2.75) is 18.4 Å². The molecule has 0 saturated carbocycles. The van der Waals surface area contributed by atoms with Gasteiger partial charge in [-0.1, -0.05) is 6.07 Å². The Hall–Kier alpha value is -2.15. The van der Waals surface area contributed by atoms with Crippen molar-refractivity contribution in [1.29, 1.82) is 0 Å². The van der Waals surface area contributed by atoms with Crippen LogP contribution in [-0.4, -0.2) is 24.6 Å². The second kappa shape index (κ2) is 5.46. The highest BCUT2D eigenvalue weighted by Crippen LogP contribution is 2.18. The van der Waals surface area contributed by atoms with Gasteiger partial charge in [0, 0.05) is 18.0 Å². The van der Waals surface area contributed by atoms with E-state index in [2.05, 4.69) is 9.97 Å². The Morgan fingerprint density at radius 2 is 2.00 bits per heavy atom. The number of nitrogens with zero attached hydrogens (tertiary/aromatic N) is 2. The molecule has 6 nitrogen and oxygen atoms in total. The molecule has 20 heavy (non-hydrogen) atoms. The van der Waals surface area contributed by atoms with Crippen LogP contribution in [0.15, 0.2) is 35.2 Å². The zero-order valence-electron chi connectivity index (χ0n) is 11.2. The molecule has 0 bridgehead atoms. The fraction of sp³-hybridized carbons (Fsp3) is 0.231. The average molecular weight is 293 g/mol. The minimum Gasteiger partial charge on any atom is -0.486 e. The van der Waals surface area contributed by atoms with Crippen molar-refractivity contribution in [1.82, 2.24) is 9.97 Å². The molecule has 0 atom stereocenters. The topological polar surface area (TPSA) is 95.2 Å². The molecule has 106 valence electrons. The van der Waals surface area contributed by atoms with Crippen molar-refractivity contribution in [3.05, 3.63) is 41.9 Å². The average Bonchev–Trinajstić information content (AvgIpc) is 2.35. The van der Waals surface area contributed by atoms with Crippen molar-refractivity contribution in [2.24, 2.45) is 0 Å². The maximum atomic E-state index is 11.5. The lowest BCUT2D eigenvalue weighted by Gasteiger charge is -2.07. The number of sulfone groups is 1. The van der Waals surface area contributed by atoms with E-state index in [1.54, 1.807) is 18.2 Å². The van der Waals surface area contributed by atoms with Gasteiger partial charge < -0.3 is 10.5 Å². The molecule has 0 fully saturated rings. The van der Waals surface area contributed by atoms with Crippen LogP contribution < -0.4 is 10.5 Å². The SMILES string of the molecule is Cc1cc(N)nc(COc2cccc(S(C)(=O)=O)c2)n1. The van der Waals surface area contributed by atoms with Crippen LogP contribution in [0.1, 0.15) is 11.5 Å². The number of aromatic nitrogens is 2. The number of hydrogen-bond donors (Lipinski definition) is 1. The van der Waals surface area contributed by atoms with Crippen molar-refractivity contribution in [2.75, 3.05) is 12.0 Å². The van der Waals surface area contributed by atoms with Crippen LogP contribution >= 0.6 is 0 Å². The summed E-state index contributed by atoms with van der Waals surface area (Å²) < 4.78 is 28.4. The molecule has 2 aromatic rings. The predicted octanol–water partition coefficient (Wildman–Crippen LogP) is 1.35. The molecule has 2 rings (SSSR count). The summed E-state index contributed by atoms with van der Waals surface area (Å²) in [4.78, 5) is 8.44. The van der Waals surface area contributed by atoms with Crippen LogP contribution in [0.4, 0.5) is 5.82 Å². The lowest BCUT2D eigenvalue weighted by Crippen LogP contribution is -2.05. The first-order chi connectivity index (χ1) is 9.34. The van der Waals surface area contributed by atoms with Crippen molar-refractivity contribution in [3.8, 4) is 5.75 Å². The maximum absolute atomic E-state index is 11.5. The molecule has 0 spiro atoms. The second-order valence-electron chi connectivity index (χ2n) is 4.39. The van der Waals surface area contributed by atoms with E-state index >= 15 is 0 Å². The minimum absolute atomic E-state index is 0.124. The molecule has 1 heterocycles. The van der Waals surface area contributed by atoms with Gasteiger partial charge >= 0.3 is 0 Å². The lowest BCUT2D eigenvalue weighted by molar-refractivity contribution is 0.295. The number of nitrogens with two attached hydrogens (primary N) is 1. The molecular weight excluding hydrogens is 278 g/mol. The van der Waals surface area contributed by atoms with Gasteiger partial charge in [-0.05, 0) is 25.1 Å². The number of ether oxygens (including phenoxy) is 1. The lowest BCUT2D eigenvalue weighted by atomic mass is 10.3. The standard InChI is InChI=1S/C13H15N3O3S/c1-9-6-12(14)16-13(15-9)8-19-10-4-3-5-11(7-10)20(2,17)18/h3-7H,8H2,1-2H3,(H2,14,15,16). The van der Waals surface area contributed by atoms with Gasteiger partial charge in [-0.2, -0.15) is 0 Å². The third-order valence-corrected chi connectivity index (χ3v) is 3.63. The summed E-state index contributed by atoms with van der Waals surface area (Å²) in [6, 6.07) is 7.94. The molecule has 0 aliphatic heterocycles. The first-order valence-corrected chi connectivity index (χ1v) is 7.77. The Bertz CT molecular complexity index is 709. The summed E-state index contributed by atoms with van der Waals surface area (Å²) in [5, 5.41) is 0. The number of anilines is 1. The zero-order valence-corrected chi connectivity index (χ0v) is 12.0. The molecule has 0 aliphatic rings. The van der Waals surface area contributed by atoms with Gasteiger partial charge in [-0.15, -0.1) is 0 Å². The summed E-state index contributed by atoms with van der Waals surface area (Å²) in [6.45, 7) is 1.94. The van der Waals surface area contributed by atoms with E-state index in [1.165, 1.54) is 12.1 Å². The fourth-order valence-electron chi connectivity index (χ4n) is 1.66. The van der Waals surface area contributed by atoms with Crippen LogP contribution in [-0.2, 0) is 16.4 Å². The van der Waals surface area contributed by atoms with Crippen molar-refractivity contribution < 1.29 is 13.2 Å². The first kappa shape index (κ1) is 14.3. The van der Waals surface area contributed by atoms with E-state index in [0.29, 0.717) is 17.4 Å². The summed E-state index contributed by atoms with van der Waals surface area (Å²) >= 11 is 0. The van der Waals surface area contributed by atoms with Crippen molar-refractivity contribution in [3.63, 3.8) is 0 Å². The van der Waals surface area contributed by atoms with E-state index in [0.717, 1.165) is 11.9 Å². The largest absolute Gasteiger partial charge is 0.486 e. The molecule has 0 saturated heterocycles. The minimum atomic E-state index is -3.25. The Balaban J connectivity index is 2.15. The van der Waals surface area contributed by atoms with Crippen LogP contribution in [0, 0.1) is 6.92 Å². The van der Waals surface area contributed by atoms with Crippen LogP contribution in [0.2, 0.25) is 0 Å². The molecule has 1 aromatic carbocycles. The van der Waals surface area contributed by atoms with E-state index in [-0.39, 0.29) is 11.5 Å². The number of hydrogen-bond acceptors (Lipinski definition) is 6. The van der Waals surface area contributed by atoms with E-state index < -0.39 is 9.84 Å². The highest BCUT2D eigenvalue weighted by Gasteiger charge is 2.08. The molecule has 1 aromatic heterocycles. The third-order valence-electron chi connectivity index (χ3n) is 2.52. The second-order valence-corrected chi connectivity index (χ2v) is 6.40. The molecule has 0 radical (unpaired) electrons. The molecular formula is C13H15N3O3S. The zero-order chi connectivity index (χ0) is 14.8. The van der Waals surface area contributed by atoms with Crippen LogP contribution in [0.3, 0.4) is 0 Å². The van der Waals surface area contributed by atoms with Crippen molar-refractivity contribution >= 4 is 15.7 Å². The Morgan fingerprint density at radius 1 is 1.25 bits per heavy atom. The van der Waals surface area contributed by atoms with E-state index in [1.807, 2.05) is 6.92 Å². The molecule has 0 amide bonds. The first-order valence-electron chi connectivity index (χ1n) is 5.87. The Kier molecular flexibility index (Phi) is 3.89. The smallest absolute Gasteiger partial charge is 0.175 e. The molecule has 0 aliphatic carbocycles. The maximum Gasteiger partial charge on any atom is 0.175 e. The van der Waals surface area contributed by atoms with E-state index in [9.17, 15) is 8.42 Å². The van der Waals surface area contributed by atoms with E-state index in [4.69, 9.17) is 10.5 Å². The number of benzene rings is 1. The molecule has 0 unspecified atom stereocenters. The summed E-state index contributed by atoms with van der Waals surface area (Å²) in [6.07, 6.45) is 1.15. The predicted molar refractivity (Wildman–Crippen MR) is 75.1 cm³/mol. The van der Waals surface area contributed by atoms with Gasteiger partial charge in [0.15, 0.2) is 15.7 Å². The van der Waals surface area contributed by atoms with Crippen LogP contribution in [0.5, 0.6) is 5.75 Å². The van der Waals surface area contributed by atoms with Gasteiger partial charge in [-0.3, -0.25) is 0 Å². The number of aryl methyl sites for hydroxylation is 1. The van der Waals surface area contributed by atoms with Gasteiger partial charge in [-0.25, -0.2) is 18.4 Å². The number of nitrogen functional groups attached to an aromatic ring is 1. The summed E-state index contributed by atoms with van der Waals surface area (Å²) in [5.41, 5.74) is 6.37. The van der Waals surface area contributed by atoms with Gasteiger partial charge in [0.05, 0.1) is 4.90 Å². The van der Waals surface area contributed by atoms with Gasteiger partial charge in [0.2, 0.25) is 0 Å². The summed E-state index contributed by atoms with van der Waals surface area (Å²) in [7, 11) is -3.25.